The Morgan fingerprint density at radius 2 is 2.12 bits per heavy atom. The van der Waals surface area contributed by atoms with Crippen LogP contribution in [0.2, 0.25) is 5.02 Å². The van der Waals surface area contributed by atoms with Gasteiger partial charge >= 0.3 is 0 Å². The molecule has 0 saturated carbocycles. The number of phenols is 1. The molecule has 17 heavy (non-hydrogen) atoms. The lowest BCUT2D eigenvalue weighted by atomic mass is 10.1. The minimum Gasteiger partial charge on any atom is -0.506 e. The van der Waals surface area contributed by atoms with E-state index < -0.39 is 0 Å². The highest BCUT2D eigenvalue weighted by molar-refractivity contribution is 6.37. The van der Waals surface area contributed by atoms with Crippen molar-refractivity contribution >= 4 is 34.0 Å². The van der Waals surface area contributed by atoms with E-state index in [2.05, 4.69) is 5.32 Å². The molecule has 0 aliphatic carbocycles. The number of fused-ring (bicyclic) bond motifs is 1. The van der Waals surface area contributed by atoms with Gasteiger partial charge in [-0.3, -0.25) is 4.79 Å². The van der Waals surface area contributed by atoms with Crippen LogP contribution >= 0.6 is 11.6 Å². The zero-order chi connectivity index (χ0) is 12.4. The van der Waals surface area contributed by atoms with Gasteiger partial charge in [0.1, 0.15) is 5.75 Å². The summed E-state index contributed by atoms with van der Waals surface area (Å²) < 4.78 is 0. The van der Waals surface area contributed by atoms with Crippen molar-refractivity contribution in [3.8, 4) is 5.75 Å². The molecule has 0 spiro atoms. The number of phenolic OH excluding ortho intramolecular Hbond substituents is 1. The van der Waals surface area contributed by atoms with Gasteiger partial charge in [0.15, 0.2) is 0 Å². The molecule has 0 heterocycles. The standard InChI is InChI=1S/C13H12ClNO2/c1-2-12(17)15-9-4-5-10-8(7-9)3-6-11(16)13(10)14/h3-7,16H,2H2,1H3,(H,15,17). The van der Waals surface area contributed by atoms with Crippen LogP contribution < -0.4 is 5.32 Å². The number of aromatic hydroxyl groups is 1. The fraction of sp³-hybridized carbons (Fsp3) is 0.154. The average molecular weight is 250 g/mol. The van der Waals surface area contributed by atoms with E-state index in [9.17, 15) is 9.90 Å². The molecular formula is C13H12ClNO2. The highest BCUT2D eigenvalue weighted by Crippen LogP contribution is 2.32. The zero-order valence-electron chi connectivity index (χ0n) is 9.33. The third kappa shape index (κ3) is 2.34. The Balaban J connectivity index is 2.45. The molecule has 4 heteroatoms. The number of nitrogens with one attached hydrogen (secondary N) is 1. The molecular weight excluding hydrogens is 238 g/mol. The molecule has 2 rings (SSSR count). The van der Waals surface area contributed by atoms with Crippen LogP contribution in [0.3, 0.4) is 0 Å². The Kier molecular flexibility index (Phi) is 3.20. The Morgan fingerprint density at radius 3 is 2.82 bits per heavy atom. The Bertz CT molecular complexity index is 581. The number of amides is 1. The quantitative estimate of drug-likeness (QED) is 0.855. The van der Waals surface area contributed by atoms with Gasteiger partial charge in [-0.25, -0.2) is 0 Å². The fourth-order valence-electron chi connectivity index (χ4n) is 1.61. The number of hydrogen-bond donors (Lipinski definition) is 2. The SMILES string of the molecule is CCC(=O)Nc1ccc2c(Cl)c(O)ccc2c1. The minimum atomic E-state index is -0.0331. The van der Waals surface area contributed by atoms with Gasteiger partial charge in [-0.05, 0) is 23.6 Å². The summed E-state index contributed by atoms with van der Waals surface area (Å²) in [5.41, 5.74) is 0.728. The average Bonchev–Trinajstić information content (AvgIpc) is 2.34. The first-order valence-electron chi connectivity index (χ1n) is 5.33. The molecule has 2 aromatic rings. The van der Waals surface area contributed by atoms with E-state index in [4.69, 9.17) is 11.6 Å². The van der Waals surface area contributed by atoms with Gasteiger partial charge in [0.25, 0.3) is 0 Å². The summed E-state index contributed by atoms with van der Waals surface area (Å²) in [6, 6.07) is 8.67. The van der Waals surface area contributed by atoms with Gasteiger partial charge in [0.2, 0.25) is 5.91 Å². The highest BCUT2D eigenvalue weighted by Gasteiger charge is 2.06. The van der Waals surface area contributed by atoms with Crippen LogP contribution in [0.5, 0.6) is 5.75 Å². The number of rotatable bonds is 2. The molecule has 0 saturated heterocycles. The summed E-state index contributed by atoms with van der Waals surface area (Å²) in [7, 11) is 0. The van der Waals surface area contributed by atoms with Crippen LogP contribution in [0.1, 0.15) is 13.3 Å². The van der Waals surface area contributed by atoms with Crippen molar-refractivity contribution in [3.05, 3.63) is 35.4 Å². The lowest BCUT2D eigenvalue weighted by Crippen LogP contribution is -2.09. The first-order chi connectivity index (χ1) is 8.11. The molecule has 2 aromatic carbocycles. The monoisotopic (exact) mass is 249 g/mol. The molecule has 0 bridgehead atoms. The van der Waals surface area contributed by atoms with Gasteiger partial charge in [-0.1, -0.05) is 30.7 Å². The summed E-state index contributed by atoms with van der Waals surface area (Å²) in [4.78, 5) is 11.3. The summed E-state index contributed by atoms with van der Waals surface area (Å²) in [5, 5.41) is 14.2. The summed E-state index contributed by atoms with van der Waals surface area (Å²) in [5.74, 6) is 0.0266. The van der Waals surface area contributed by atoms with Crippen molar-refractivity contribution in [2.45, 2.75) is 13.3 Å². The second-order valence-electron chi connectivity index (χ2n) is 3.74. The van der Waals surface area contributed by atoms with Crippen molar-refractivity contribution in [1.29, 1.82) is 0 Å². The first kappa shape index (κ1) is 11.7. The first-order valence-corrected chi connectivity index (χ1v) is 5.70. The van der Waals surface area contributed by atoms with Crippen molar-refractivity contribution in [1.82, 2.24) is 0 Å². The van der Waals surface area contributed by atoms with Crippen LogP contribution in [0, 0.1) is 0 Å². The Morgan fingerprint density at radius 1 is 1.35 bits per heavy atom. The van der Waals surface area contributed by atoms with E-state index >= 15 is 0 Å². The van der Waals surface area contributed by atoms with Crippen molar-refractivity contribution in [2.24, 2.45) is 0 Å². The van der Waals surface area contributed by atoms with E-state index in [1.165, 1.54) is 6.07 Å². The fourth-order valence-corrected chi connectivity index (χ4v) is 1.84. The molecule has 3 nitrogen and oxygen atoms in total. The molecule has 0 fully saturated rings. The second kappa shape index (κ2) is 4.63. The van der Waals surface area contributed by atoms with Crippen LogP contribution in [0.4, 0.5) is 5.69 Å². The van der Waals surface area contributed by atoms with Gasteiger partial charge in [0.05, 0.1) is 5.02 Å². The number of hydrogen-bond acceptors (Lipinski definition) is 2. The minimum absolute atomic E-state index is 0.0331. The van der Waals surface area contributed by atoms with Crippen molar-refractivity contribution in [3.63, 3.8) is 0 Å². The van der Waals surface area contributed by atoms with Gasteiger partial charge < -0.3 is 10.4 Å². The van der Waals surface area contributed by atoms with Crippen molar-refractivity contribution < 1.29 is 9.90 Å². The molecule has 2 N–H and O–H groups in total. The predicted molar refractivity (Wildman–Crippen MR) is 69.5 cm³/mol. The van der Waals surface area contributed by atoms with Crippen LogP contribution in [0.25, 0.3) is 10.8 Å². The smallest absolute Gasteiger partial charge is 0.224 e. The van der Waals surface area contributed by atoms with Gasteiger partial charge in [-0.15, -0.1) is 0 Å². The molecule has 0 unspecified atom stereocenters. The maximum absolute atomic E-state index is 11.3. The number of benzene rings is 2. The maximum atomic E-state index is 11.3. The van der Waals surface area contributed by atoms with E-state index in [0.717, 1.165) is 16.5 Å². The van der Waals surface area contributed by atoms with Gasteiger partial charge in [-0.2, -0.15) is 0 Å². The second-order valence-corrected chi connectivity index (χ2v) is 4.11. The molecule has 1 amide bonds. The van der Waals surface area contributed by atoms with E-state index in [0.29, 0.717) is 11.4 Å². The number of carbonyl (C=O) groups is 1. The lowest BCUT2D eigenvalue weighted by Gasteiger charge is -2.07. The largest absolute Gasteiger partial charge is 0.506 e. The predicted octanol–water partition coefficient (Wildman–Crippen LogP) is 3.55. The lowest BCUT2D eigenvalue weighted by molar-refractivity contribution is -0.115. The topological polar surface area (TPSA) is 49.3 Å². The van der Waals surface area contributed by atoms with Crippen LogP contribution in [0.15, 0.2) is 30.3 Å². The Hall–Kier alpha value is -1.74. The number of anilines is 1. The third-order valence-electron chi connectivity index (χ3n) is 2.54. The van der Waals surface area contributed by atoms with Crippen LogP contribution in [-0.4, -0.2) is 11.0 Å². The molecule has 0 atom stereocenters. The summed E-state index contributed by atoms with van der Waals surface area (Å²) in [6.45, 7) is 1.80. The van der Waals surface area contributed by atoms with Gasteiger partial charge in [0, 0.05) is 17.5 Å². The maximum Gasteiger partial charge on any atom is 0.224 e. The highest BCUT2D eigenvalue weighted by atomic mass is 35.5. The van der Waals surface area contributed by atoms with E-state index in [-0.39, 0.29) is 11.7 Å². The van der Waals surface area contributed by atoms with E-state index in [1.54, 1.807) is 25.1 Å². The van der Waals surface area contributed by atoms with E-state index in [1.807, 2.05) is 6.07 Å². The summed E-state index contributed by atoms with van der Waals surface area (Å²) in [6.07, 6.45) is 0.439. The molecule has 88 valence electrons. The summed E-state index contributed by atoms with van der Waals surface area (Å²) >= 11 is 5.97. The molecule has 0 radical (unpaired) electrons. The number of carbonyl (C=O) groups excluding carboxylic acids is 1. The zero-order valence-corrected chi connectivity index (χ0v) is 10.1. The molecule has 0 aliphatic rings. The molecule has 0 aromatic heterocycles. The van der Waals surface area contributed by atoms with Crippen LogP contribution in [-0.2, 0) is 4.79 Å². The number of halogens is 1. The Labute approximate surface area is 104 Å². The third-order valence-corrected chi connectivity index (χ3v) is 2.94. The normalized spacial score (nSPS) is 10.5. The van der Waals surface area contributed by atoms with Crippen molar-refractivity contribution in [2.75, 3.05) is 5.32 Å². The molecule has 0 aliphatic heterocycles.